The number of carbonyl (C=O) groups excluding carboxylic acids is 1. The zero-order valence-electron chi connectivity index (χ0n) is 7.78. The molecule has 3 nitrogen and oxygen atoms in total. The van der Waals surface area contributed by atoms with Crippen molar-refractivity contribution in [1.82, 2.24) is 0 Å². The van der Waals surface area contributed by atoms with Crippen molar-refractivity contribution >= 4 is 5.97 Å². The molecule has 0 aliphatic rings. The van der Waals surface area contributed by atoms with Crippen molar-refractivity contribution < 1.29 is 9.53 Å². The summed E-state index contributed by atoms with van der Waals surface area (Å²) in [6.07, 6.45) is 0. The fourth-order valence-corrected chi connectivity index (χ4v) is 0.888. The van der Waals surface area contributed by atoms with Gasteiger partial charge in [-0.3, -0.25) is 0 Å². The molecule has 1 atom stereocenters. The predicted molar refractivity (Wildman–Crippen MR) is 50.5 cm³/mol. The fourth-order valence-electron chi connectivity index (χ4n) is 0.888. The number of benzene rings is 1. The number of nitrogens with two attached hydrogens (primary N) is 1. The van der Waals surface area contributed by atoms with Gasteiger partial charge in [0.15, 0.2) is 0 Å². The van der Waals surface area contributed by atoms with Crippen LogP contribution in [0.3, 0.4) is 0 Å². The molecule has 1 rings (SSSR count). The van der Waals surface area contributed by atoms with Gasteiger partial charge in [-0.15, -0.1) is 0 Å². The van der Waals surface area contributed by atoms with Crippen LogP contribution in [0.15, 0.2) is 24.3 Å². The summed E-state index contributed by atoms with van der Waals surface area (Å²) >= 11 is 0. The van der Waals surface area contributed by atoms with E-state index in [-0.39, 0.29) is 0 Å². The van der Waals surface area contributed by atoms with Crippen molar-refractivity contribution in [2.24, 2.45) is 5.73 Å². The largest absolute Gasteiger partial charge is 0.425 e. The van der Waals surface area contributed by atoms with Gasteiger partial charge in [0.25, 0.3) is 0 Å². The summed E-state index contributed by atoms with van der Waals surface area (Å²) in [4.78, 5) is 11.1. The van der Waals surface area contributed by atoms with Crippen LogP contribution in [-0.4, -0.2) is 12.0 Å². The summed E-state index contributed by atoms with van der Waals surface area (Å²) in [5, 5.41) is 0. The third-order valence-electron chi connectivity index (χ3n) is 1.58. The van der Waals surface area contributed by atoms with E-state index in [9.17, 15) is 4.79 Å². The molecule has 0 amide bonds. The van der Waals surface area contributed by atoms with Crippen LogP contribution >= 0.6 is 0 Å². The molecule has 0 bridgehead atoms. The van der Waals surface area contributed by atoms with Crippen LogP contribution in [0, 0.1) is 6.92 Å². The molecule has 3 heteroatoms. The normalized spacial score (nSPS) is 12.2. The summed E-state index contributed by atoms with van der Waals surface area (Å²) in [6.45, 7) is 3.53. The van der Waals surface area contributed by atoms with Gasteiger partial charge in [-0.1, -0.05) is 12.1 Å². The second-order valence-corrected chi connectivity index (χ2v) is 3.03. The lowest BCUT2D eigenvalue weighted by Gasteiger charge is -2.06. The Morgan fingerprint density at radius 2 is 2.23 bits per heavy atom. The van der Waals surface area contributed by atoms with Gasteiger partial charge < -0.3 is 10.5 Å². The lowest BCUT2D eigenvalue weighted by molar-refractivity contribution is -0.135. The molecule has 1 aromatic carbocycles. The van der Waals surface area contributed by atoms with E-state index >= 15 is 0 Å². The highest BCUT2D eigenvalue weighted by molar-refractivity contribution is 5.77. The molecule has 2 N–H and O–H groups in total. The summed E-state index contributed by atoms with van der Waals surface area (Å²) in [6, 6.07) is 6.70. The van der Waals surface area contributed by atoms with E-state index in [1.807, 2.05) is 19.1 Å². The highest BCUT2D eigenvalue weighted by Gasteiger charge is 2.09. The van der Waals surface area contributed by atoms with Crippen molar-refractivity contribution in [2.45, 2.75) is 19.9 Å². The Bertz CT molecular complexity index is 308. The average Bonchev–Trinajstić information content (AvgIpc) is 2.04. The second kappa shape index (κ2) is 4.05. The number of hydrogen-bond donors (Lipinski definition) is 1. The first-order chi connectivity index (χ1) is 6.09. The van der Waals surface area contributed by atoms with E-state index in [2.05, 4.69) is 0 Å². The van der Waals surface area contributed by atoms with Crippen LogP contribution in [0.4, 0.5) is 0 Å². The molecule has 0 saturated carbocycles. The Balaban J connectivity index is 2.69. The number of ether oxygens (including phenoxy) is 1. The van der Waals surface area contributed by atoms with Gasteiger partial charge >= 0.3 is 5.97 Å². The van der Waals surface area contributed by atoms with Crippen LogP contribution in [-0.2, 0) is 4.79 Å². The van der Waals surface area contributed by atoms with Gasteiger partial charge in [0, 0.05) is 0 Å². The molecule has 0 aliphatic carbocycles. The Morgan fingerprint density at radius 3 is 2.77 bits per heavy atom. The molecule has 0 radical (unpaired) electrons. The molecule has 70 valence electrons. The monoisotopic (exact) mass is 179 g/mol. The molecule has 1 unspecified atom stereocenters. The third kappa shape index (κ3) is 2.87. The van der Waals surface area contributed by atoms with E-state index in [1.54, 1.807) is 19.1 Å². The number of carbonyl (C=O) groups is 1. The maximum absolute atomic E-state index is 11.1. The van der Waals surface area contributed by atoms with Gasteiger partial charge in [0.1, 0.15) is 11.8 Å². The summed E-state index contributed by atoms with van der Waals surface area (Å²) in [5.41, 5.74) is 6.40. The Morgan fingerprint density at radius 1 is 1.54 bits per heavy atom. The minimum Gasteiger partial charge on any atom is -0.425 e. The van der Waals surface area contributed by atoms with Gasteiger partial charge in [0.05, 0.1) is 0 Å². The highest BCUT2D eigenvalue weighted by Crippen LogP contribution is 2.12. The van der Waals surface area contributed by atoms with Crippen LogP contribution in [0.1, 0.15) is 12.5 Å². The van der Waals surface area contributed by atoms with Gasteiger partial charge in [0.2, 0.25) is 0 Å². The lowest BCUT2D eigenvalue weighted by atomic mass is 10.2. The molecule has 13 heavy (non-hydrogen) atoms. The third-order valence-corrected chi connectivity index (χ3v) is 1.58. The number of esters is 1. The molecule has 0 spiro atoms. The first-order valence-corrected chi connectivity index (χ1v) is 4.13. The number of rotatable bonds is 2. The maximum atomic E-state index is 11.1. The Labute approximate surface area is 77.5 Å². The minimum atomic E-state index is -0.583. The van der Waals surface area contributed by atoms with Crippen molar-refractivity contribution in [3.63, 3.8) is 0 Å². The van der Waals surface area contributed by atoms with E-state index in [4.69, 9.17) is 10.5 Å². The van der Waals surface area contributed by atoms with E-state index < -0.39 is 12.0 Å². The van der Waals surface area contributed by atoms with E-state index in [1.165, 1.54) is 0 Å². The lowest BCUT2D eigenvalue weighted by Crippen LogP contribution is -2.30. The van der Waals surface area contributed by atoms with Crippen LogP contribution in [0.25, 0.3) is 0 Å². The molecular formula is C10H13NO2. The van der Waals surface area contributed by atoms with E-state index in [0.29, 0.717) is 5.75 Å². The van der Waals surface area contributed by atoms with Crippen molar-refractivity contribution in [3.05, 3.63) is 29.8 Å². The quantitative estimate of drug-likeness (QED) is 0.549. The van der Waals surface area contributed by atoms with Crippen molar-refractivity contribution in [2.75, 3.05) is 0 Å². The molecular weight excluding hydrogens is 166 g/mol. The molecule has 0 fully saturated rings. The average molecular weight is 179 g/mol. The van der Waals surface area contributed by atoms with Gasteiger partial charge in [-0.2, -0.15) is 0 Å². The first kappa shape index (κ1) is 9.74. The van der Waals surface area contributed by atoms with Crippen LogP contribution < -0.4 is 10.5 Å². The Hall–Kier alpha value is -1.35. The number of aryl methyl sites for hydroxylation is 1. The highest BCUT2D eigenvalue weighted by atomic mass is 16.5. The summed E-state index contributed by atoms with van der Waals surface area (Å²) in [5.74, 6) is 0.132. The van der Waals surface area contributed by atoms with Crippen LogP contribution in [0.2, 0.25) is 0 Å². The molecule has 0 aliphatic heterocycles. The molecule has 0 aromatic heterocycles. The molecule has 0 saturated heterocycles. The molecule has 1 aromatic rings. The number of hydrogen-bond acceptors (Lipinski definition) is 3. The SMILES string of the molecule is Cc1cccc(OC(=O)C(C)N)c1. The van der Waals surface area contributed by atoms with Crippen LogP contribution in [0.5, 0.6) is 5.75 Å². The predicted octanol–water partition coefficient (Wildman–Crippen LogP) is 1.25. The summed E-state index contributed by atoms with van der Waals surface area (Å²) in [7, 11) is 0. The van der Waals surface area contributed by atoms with Crippen molar-refractivity contribution in [3.8, 4) is 5.75 Å². The Kier molecular flexibility index (Phi) is 3.03. The second-order valence-electron chi connectivity index (χ2n) is 3.03. The topological polar surface area (TPSA) is 52.3 Å². The van der Waals surface area contributed by atoms with Gasteiger partial charge in [-0.25, -0.2) is 4.79 Å². The zero-order chi connectivity index (χ0) is 9.84. The van der Waals surface area contributed by atoms with E-state index in [0.717, 1.165) is 5.56 Å². The standard InChI is InChI=1S/C10H13NO2/c1-7-4-3-5-9(6-7)13-10(12)8(2)11/h3-6,8H,11H2,1-2H3. The fraction of sp³-hybridized carbons (Fsp3) is 0.300. The smallest absolute Gasteiger partial charge is 0.328 e. The molecule has 0 heterocycles. The summed E-state index contributed by atoms with van der Waals surface area (Å²) < 4.78 is 4.99. The zero-order valence-corrected chi connectivity index (χ0v) is 7.78. The maximum Gasteiger partial charge on any atom is 0.328 e. The minimum absolute atomic E-state index is 0.411. The first-order valence-electron chi connectivity index (χ1n) is 4.13. The van der Waals surface area contributed by atoms with Crippen molar-refractivity contribution in [1.29, 1.82) is 0 Å². The van der Waals surface area contributed by atoms with Gasteiger partial charge in [-0.05, 0) is 31.5 Å².